The normalized spacial score (nSPS) is 10.4. The number of halogens is 1. The fourth-order valence-corrected chi connectivity index (χ4v) is 1.88. The lowest BCUT2D eigenvalue weighted by Gasteiger charge is -2.08. The van der Waals surface area contributed by atoms with Gasteiger partial charge in [-0.25, -0.2) is 4.79 Å². The van der Waals surface area contributed by atoms with Crippen LogP contribution in [0.25, 0.3) is 0 Å². The van der Waals surface area contributed by atoms with E-state index < -0.39 is 5.97 Å². The van der Waals surface area contributed by atoms with Crippen molar-refractivity contribution in [2.75, 3.05) is 6.61 Å². The lowest BCUT2D eigenvalue weighted by atomic mass is 10.2. The molecule has 0 aliphatic carbocycles. The van der Waals surface area contributed by atoms with Crippen molar-refractivity contribution in [1.29, 1.82) is 0 Å². The van der Waals surface area contributed by atoms with Crippen LogP contribution < -0.4 is 4.74 Å². The number of carboxylic acids is 1. The number of aromatic carboxylic acids is 1. The number of rotatable bonds is 5. The van der Waals surface area contributed by atoms with Gasteiger partial charge in [-0.05, 0) is 24.3 Å². The molecule has 1 aromatic carbocycles. The molecule has 0 saturated carbocycles. The van der Waals surface area contributed by atoms with Gasteiger partial charge in [-0.3, -0.25) is 4.68 Å². The van der Waals surface area contributed by atoms with Gasteiger partial charge in [0.1, 0.15) is 5.75 Å². The molecule has 0 aliphatic heterocycles. The number of aromatic nitrogens is 2. The molecule has 1 heterocycles. The molecule has 6 heteroatoms. The lowest BCUT2D eigenvalue weighted by molar-refractivity contribution is 0.0696. The number of benzene rings is 1. The van der Waals surface area contributed by atoms with E-state index in [9.17, 15) is 4.79 Å². The average Bonchev–Trinajstić information content (AvgIpc) is 2.77. The Kier molecular flexibility index (Phi) is 4.06. The minimum absolute atomic E-state index is 0.0414. The first-order valence-corrected chi connectivity index (χ1v) is 6.08. The summed E-state index contributed by atoms with van der Waals surface area (Å²) in [6.45, 7) is 0.445. The molecule has 0 fully saturated rings. The summed E-state index contributed by atoms with van der Waals surface area (Å²) in [6, 6.07) is 6.50. The number of carbonyl (C=O) groups is 1. The molecule has 5 nitrogen and oxygen atoms in total. The number of ether oxygens (including phenoxy) is 1. The zero-order valence-electron chi connectivity index (χ0n) is 10.3. The minimum atomic E-state index is -1.07. The van der Waals surface area contributed by atoms with Crippen LogP contribution in [-0.2, 0) is 13.5 Å². The third-order valence-corrected chi connectivity index (χ3v) is 3.05. The van der Waals surface area contributed by atoms with Crippen molar-refractivity contribution in [3.63, 3.8) is 0 Å². The van der Waals surface area contributed by atoms with Crippen molar-refractivity contribution in [2.24, 2.45) is 7.05 Å². The van der Waals surface area contributed by atoms with Crippen LogP contribution in [0.4, 0.5) is 0 Å². The Balaban J connectivity index is 1.98. The van der Waals surface area contributed by atoms with Crippen LogP contribution in [0.15, 0.2) is 30.5 Å². The monoisotopic (exact) mass is 280 g/mol. The Morgan fingerprint density at radius 3 is 2.89 bits per heavy atom. The van der Waals surface area contributed by atoms with Crippen molar-refractivity contribution in [3.8, 4) is 5.75 Å². The number of hydrogen-bond acceptors (Lipinski definition) is 3. The Morgan fingerprint density at radius 1 is 1.47 bits per heavy atom. The molecule has 0 atom stereocenters. The molecule has 19 heavy (non-hydrogen) atoms. The lowest BCUT2D eigenvalue weighted by Crippen LogP contribution is -2.06. The summed E-state index contributed by atoms with van der Waals surface area (Å²) in [5.41, 5.74) is 1.09. The molecule has 0 radical (unpaired) electrons. The van der Waals surface area contributed by atoms with Crippen molar-refractivity contribution >= 4 is 17.6 Å². The number of aryl methyl sites for hydroxylation is 1. The van der Waals surface area contributed by atoms with Gasteiger partial charge in [0.2, 0.25) is 0 Å². The highest BCUT2D eigenvalue weighted by atomic mass is 35.5. The minimum Gasteiger partial charge on any atom is -0.493 e. The van der Waals surface area contributed by atoms with Gasteiger partial charge in [-0.1, -0.05) is 11.6 Å². The van der Waals surface area contributed by atoms with Gasteiger partial charge >= 0.3 is 5.97 Å². The van der Waals surface area contributed by atoms with E-state index in [1.807, 2.05) is 13.1 Å². The van der Waals surface area contributed by atoms with E-state index in [0.717, 1.165) is 5.69 Å². The first kappa shape index (κ1) is 13.4. The molecule has 1 aromatic heterocycles. The van der Waals surface area contributed by atoms with Crippen LogP contribution in [0, 0.1) is 0 Å². The maximum Gasteiger partial charge on any atom is 0.337 e. The fraction of sp³-hybridized carbons (Fsp3) is 0.231. The van der Waals surface area contributed by atoms with Gasteiger partial charge in [0, 0.05) is 25.4 Å². The summed E-state index contributed by atoms with van der Waals surface area (Å²) >= 11 is 5.78. The smallest absolute Gasteiger partial charge is 0.337 e. The van der Waals surface area contributed by atoms with E-state index in [1.54, 1.807) is 16.9 Å². The molecular formula is C13H13ClN2O3. The second kappa shape index (κ2) is 5.75. The quantitative estimate of drug-likeness (QED) is 0.913. The molecule has 1 N–H and O–H groups in total. The maximum atomic E-state index is 10.9. The Hall–Kier alpha value is -2.01. The van der Waals surface area contributed by atoms with Gasteiger partial charge in [0.25, 0.3) is 0 Å². The Labute approximate surface area is 115 Å². The predicted octanol–water partition coefficient (Wildman–Crippen LogP) is 2.39. The van der Waals surface area contributed by atoms with Crippen molar-refractivity contribution in [2.45, 2.75) is 6.42 Å². The highest BCUT2D eigenvalue weighted by Gasteiger charge is 2.10. The Bertz CT molecular complexity index is 595. The predicted molar refractivity (Wildman–Crippen MR) is 70.8 cm³/mol. The van der Waals surface area contributed by atoms with E-state index in [-0.39, 0.29) is 10.6 Å². The van der Waals surface area contributed by atoms with E-state index >= 15 is 0 Å². The average molecular weight is 281 g/mol. The second-order valence-electron chi connectivity index (χ2n) is 3.99. The second-order valence-corrected chi connectivity index (χ2v) is 4.40. The molecule has 0 unspecified atom stereocenters. The van der Waals surface area contributed by atoms with Crippen LogP contribution >= 0.6 is 11.6 Å². The van der Waals surface area contributed by atoms with Crippen molar-refractivity contribution in [3.05, 3.63) is 46.7 Å². The van der Waals surface area contributed by atoms with Gasteiger partial charge in [0.15, 0.2) is 0 Å². The topological polar surface area (TPSA) is 64.4 Å². The van der Waals surface area contributed by atoms with Gasteiger partial charge in [-0.15, -0.1) is 0 Å². The first-order chi connectivity index (χ1) is 9.08. The number of nitrogens with zero attached hydrogens (tertiary/aromatic N) is 2. The number of carboxylic acid groups (broad SMARTS) is 1. The van der Waals surface area contributed by atoms with Crippen LogP contribution in [0.3, 0.4) is 0 Å². The molecule has 2 rings (SSSR count). The number of hydrogen-bond donors (Lipinski definition) is 1. The molecule has 0 spiro atoms. The van der Waals surface area contributed by atoms with E-state index in [1.165, 1.54) is 12.1 Å². The third-order valence-electron chi connectivity index (χ3n) is 2.72. The molecular weight excluding hydrogens is 268 g/mol. The highest BCUT2D eigenvalue weighted by molar-refractivity contribution is 6.33. The summed E-state index contributed by atoms with van der Waals surface area (Å²) in [7, 11) is 1.86. The zero-order chi connectivity index (χ0) is 13.8. The molecule has 0 saturated heterocycles. The van der Waals surface area contributed by atoms with Crippen LogP contribution in [0.2, 0.25) is 5.02 Å². The van der Waals surface area contributed by atoms with Gasteiger partial charge in [-0.2, -0.15) is 5.10 Å². The Morgan fingerprint density at radius 2 is 2.26 bits per heavy atom. The zero-order valence-corrected chi connectivity index (χ0v) is 11.1. The standard InChI is InChI=1S/C13H13ClN2O3/c1-16-9(4-6-15-16)5-7-19-10-2-3-12(14)11(8-10)13(17)18/h2-4,6,8H,5,7H2,1H3,(H,17,18). The van der Waals surface area contributed by atoms with E-state index in [0.29, 0.717) is 18.8 Å². The summed E-state index contributed by atoms with van der Waals surface area (Å²) in [5.74, 6) is -0.578. The first-order valence-electron chi connectivity index (χ1n) is 5.70. The summed E-state index contributed by atoms with van der Waals surface area (Å²) in [6.07, 6.45) is 2.42. The maximum absolute atomic E-state index is 10.9. The third kappa shape index (κ3) is 3.26. The molecule has 2 aromatic rings. The summed E-state index contributed by atoms with van der Waals surface area (Å²) < 4.78 is 7.29. The van der Waals surface area contributed by atoms with Crippen LogP contribution in [0.5, 0.6) is 5.75 Å². The molecule has 100 valence electrons. The highest BCUT2D eigenvalue weighted by Crippen LogP contribution is 2.22. The van der Waals surface area contributed by atoms with E-state index in [4.69, 9.17) is 21.4 Å². The van der Waals surface area contributed by atoms with Crippen molar-refractivity contribution in [1.82, 2.24) is 9.78 Å². The summed E-state index contributed by atoms with van der Waals surface area (Å²) in [4.78, 5) is 10.9. The molecule has 0 aliphatic rings. The van der Waals surface area contributed by atoms with E-state index in [2.05, 4.69) is 5.10 Å². The van der Waals surface area contributed by atoms with Crippen LogP contribution in [-0.4, -0.2) is 27.5 Å². The van der Waals surface area contributed by atoms with Crippen LogP contribution in [0.1, 0.15) is 16.1 Å². The van der Waals surface area contributed by atoms with Gasteiger partial charge in [0.05, 0.1) is 17.2 Å². The van der Waals surface area contributed by atoms with Gasteiger partial charge < -0.3 is 9.84 Å². The van der Waals surface area contributed by atoms with Crippen molar-refractivity contribution < 1.29 is 14.6 Å². The SMILES string of the molecule is Cn1nccc1CCOc1ccc(Cl)c(C(=O)O)c1. The molecule has 0 bridgehead atoms. The largest absolute Gasteiger partial charge is 0.493 e. The molecule has 0 amide bonds. The fourth-order valence-electron chi connectivity index (χ4n) is 1.68. The summed E-state index contributed by atoms with van der Waals surface area (Å²) in [5, 5.41) is 13.2.